The molecule has 25 heavy (non-hydrogen) atoms. The van der Waals surface area contributed by atoms with Gasteiger partial charge in [-0.25, -0.2) is 4.68 Å². The number of nitrogens with zero attached hydrogens (tertiary/aromatic N) is 4. The first-order valence-corrected chi connectivity index (χ1v) is 8.45. The molecule has 0 unspecified atom stereocenters. The second kappa shape index (κ2) is 7.75. The van der Waals surface area contributed by atoms with Crippen LogP contribution in [-0.2, 0) is 13.1 Å². The number of aromatic nitrogens is 3. The molecule has 0 saturated heterocycles. The second-order valence-corrected chi connectivity index (χ2v) is 6.03. The maximum absolute atomic E-state index is 12.8. The largest absolute Gasteiger partial charge is 0.333 e. The zero-order valence-electron chi connectivity index (χ0n) is 14.6. The van der Waals surface area contributed by atoms with Crippen molar-refractivity contribution in [1.82, 2.24) is 19.9 Å². The molecule has 128 valence electrons. The molecule has 1 amide bonds. The Morgan fingerprint density at radius 3 is 2.52 bits per heavy atom. The molecule has 1 aromatic heterocycles. The molecular formula is C20H22N4O. The highest BCUT2D eigenvalue weighted by atomic mass is 16.2. The molecule has 0 aliphatic heterocycles. The van der Waals surface area contributed by atoms with Crippen molar-refractivity contribution in [2.75, 3.05) is 6.54 Å². The van der Waals surface area contributed by atoms with E-state index in [2.05, 4.69) is 29.4 Å². The molecule has 3 aromatic rings. The molecule has 5 heteroatoms. The number of rotatable bonds is 6. The number of carbonyl (C=O) groups excluding carboxylic acids is 1. The van der Waals surface area contributed by atoms with Gasteiger partial charge in [-0.1, -0.05) is 59.8 Å². The molecule has 3 rings (SSSR count). The molecule has 2 aromatic carbocycles. The fourth-order valence-electron chi connectivity index (χ4n) is 2.73. The lowest BCUT2D eigenvalue weighted by molar-refractivity contribution is 0.0746. The lowest BCUT2D eigenvalue weighted by Gasteiger charge is -2.20. The van der Waals surface area contributed by atoms with Crippen molar-refractivity contribution in [3.05, 3.63) is 83.2 Å². The van der Waals surface area contributed by atoms with Gasteiger partial charge in [0.15, 0.2) is 5.69 Å². The minimum absolute atomic E-state index is 0.0925. The molecule has 0 saturated carbocycles. The van der Waals surface area contributed by atoms with Gasteiger partial charge in [0, 0.05) is 13.1 Å². The number of benzene rings is 2. The molecule has 5 nitrogen and oxygen atoms in total. The van der Waals surface area contributed by atoms with Crippen LogP contribution < -0.4 is 0 Å². The van der Waals surface area contributed by atoms with Crippen LogP contribution in [0.4, 0.5) is 0 Å². The zero-order valence-corrected chi connectivity index (χ0v) is 14.6. The first-order valence-electron chi connectivity index (χ1n) is 8.45. The van der Waals surface area contributed by atoms with E-state index in [4.69, 9.17) is 0 Å². The van der Waals surface area contributed by atoms with Crippen LogP contribution in [0.25, 0.3) is 0 Å². The summed E-state index contributed by atoms with van der Waals surface area (Å²) in [5, 5.41) is 8.16. The highest BCUT2D eigenvalue weighted by Gasteiger charge is 2.18. The summed E-state index contributed by atoms with van der Waals surface area (Å²) in [7, 11) is 0. The van der Waals surface area contributed by atoms with Gasteiger partial charge in [-0.05, 0) is 30.5 Å². The molecule has 0 N–H and O–H groups in total. The van der Waals surface area contributed by atoms with Crippen molar-refractivity contribution >= 4 is 5.91 Å². The van der Waals surface area contributed by atoms with Crippen LogP contribution in [0.15, 0.2) is 60.8 Å². The maximum Gasteiger partial charge on any atom is 0.276 e. The molecule has 0 bridgehead atoms. The normalized spacial score (nSPS) is 10.6. The fourth-order valence-corrected chi connectivity index (χ4v) is 2.73. The van der Waals surface area contributed by atoms with E-state index >= 15 is 0 Å². The van der Waals surface area contributed by atoms with Gasteiger partial charge in [0.2, 0.25) is 0 Å². The monoisotopic (exact) mass is 334 g/mol. The Balaban J connectivity index is 1.72. The summed E-state index contributed by atoms with van der Waals surface area (Å²) < 4.78 is 1.70. The first-order chi connectivity index (χ1) is 12.2. The topological polar surface area (TPSA) is 51.0 Å². The highest BCUT2D eigenvalue weighted by molar-refractivity contribution is 5.91. The Morgan fingerprint density at radius 1 is 1.08 bits per heavy atom. The SMILES string of the molecule is CCN(Cc1ccccc1C)C(=O)c1cn(Cc2ccccc2)nn1. The smallest absolute Gasteiger partial charge is 0.276 e. The molecule has 0 fully saturated rings. The molecule has 0 atom stereocenters. The third-order valence-corrected chi connectivity index (χ3v) is 4.24. The summed E-state index contributed by atoms with van der Waals surface area (Å²) in [5.41, 5.74) is 3.83. The Hall–Kier alpha value is -2.95. The summed E-state index contributed by atoms with van der Waals surface area (Å²) in [6, 6.07) is 18.1. The minimum Gasteiger partial charge on any atom is -0.333 e. The number of hydrogen-bond acceptors (Lipinski definition) is 3. The lowest BCUT2D eigenvalue weighted by Crippen LogP contribution is -2.30. The number of aryl methyl sites for hydroxylation is 1. The summed E-state index contributed by atoms with van der Waals surface area (Å²) in [6.45, 7) is 5.84. The lowest BCUT2D eigenvalue weighted by atomic mass is 10.1. The van der Waals surface area contributed by atoms with Gasteiger partial charge in [-0.15, -0.1) is 5.10 Å². The molecule has 0 aliphatic carbocycles. The first kappa shape index (κ1) is 16.9. The predicted octanol–water partition coefficient (Wildman–Crippen LogP) is 3.30. The summed E-state index contributed by atoms with van der Waals surface area (Å²) in [4.78, 5) is 14.6. The van der Waals surface area contributed by atoms with Crippen LogP contribution in [0, 0.1) is 6.92 Å². The Kier molecular flexibility index (Phi) is 5.23. The quantitative estimate of drug-likeness (QED) is 0.695. The minimum atomic E-state index is -0.0925. The van der Waals surface area contributed by atoms with E-state index in [1.807, 2.05) is 49.4 Å². The van der Waals surface area contributed by atoms with E-state index in [9.17, 15) is 4.79 Å². The Labute approximate surface area is 147 Å². The second-order valence-electron chi connectivity index (χ2n) is 6.03. The average Bonchev–Trinajstić information content (AvgIpc) is 3.10. The Bertz CT molecular complexity index is 842. The zero-order chi connectivity index (χ0) is 17.6. The van der Waals surface area contributed by atoms with Crippen molar-refractivity contribution in [2.24, 2.45) is 0 Å². The van der Waals surface area contributed by atoms with Crippen molar-refractivity contribution in [1.29, 1.82) is 0 Å². The van der Waals surface area contributed by atoms with Crippen LogP contribution in [0.5, 0.6) is 0 Å². The van der Waals surface area contributed by atoms with Crippen LogP contribution in [-0.4, -0.2) is 32.3 Å². The molecule has 0 radical (unpaired) electrons. The van der Waals surface area contributed by atoms with E-state index in [0.29, 0.717) is 25.3 Å². The third kappa shape index (κ3) is 4.12. The van der Waals surface area contributed by atoms with Crippen LogP contribution in [0.1, 0.15) is 34.1 Å². The van der Waals surface area contributed by atoms with Crippen molar-refractivity contribution in [3.63, 3.8) is 0 Å². The number of hydrogen-bond donors (Lipinski definition) is 0. The van der Waals surface area contributed by atoms with Crippen LogP contribution in [0.2, 0.25) is 0 Å². The summed E-state index contributed by atoms with van der Waals surface area (Å²) >= 11 is 0. The van der Waals surface area contributed by atoms with Gasteiger partial charge in [-0.3, -0.25) is 4.79 Å². The number of amides is 1. The van der Waals surface area contributed by atoms with Gasteiger partial charge < -0.3 is 4.90 Å². The van der Waals surface area contributed by atoms with Gasteiger partial charge in [0.1, 0.15) is 0 Å². The van der Waals surface area contributed by atoms with E-state index in [1.165, 1.54) is 5.56 Å². The van der Waals surface area contributed by atoms with Crippen LogP contribution in [0.3, 0.4) is 0 Å². The maximum atomic E-state index is 12.8. The number of carbonyl (C=O) groups is 1. The third-order valence-electron chi connectivity index (χ3n) is 4.24. The summed E-state index contributed by atoms with van der Waals surface area (Å²) in [6.07, 6.45) is 1.72. The van der Waals surface area contributed by atoms with Crippen molar-refractivity contribution in [2.45, 2.75) is 26.9 Å². The standard InChI is InChI=1S/C20H22N4O/c1-3-23(14-18-12-8-7-9-16(18)2)20(25)19-15-24(22-21-19)13-17-10-5-4-6-11-17/h4-12,15H,3,13-14H2,1-2H3. The molecule has 1 heterocycles. The highest BCUT2D eigenvalue weighted by Crippen LogP contribution is 2.12. The van der Waals surface area contributed by atoms with Crippen LogP contribution >= 0.6 is 0 Å². The Morgan fingerprint density at radius 2 is 1.80 bits per heavy atom. The molecule has 0 aliphatic rings. The molecule has 0 spiro atoms. The van der Waals surface area contributed by atoms with Gasteiger partial charge in [0.05, 0.1) is 12.7 Å². The van der Waals surface area contributed by atoms with E-state index in [-0.39, 0.29) is 5.91 Å². The average molecular weight is 334 g/mol. The van der Waals surface area contributed by atoms with Crippen molar-refractivity contribution < 1.29 is 4.79 Å². The van der Waals surface area contributed by atoms with E-state index in [0.717, 1.165) is 11.1 Å². The van der Waals surface area contributed by atoms with Gasteiger partial charge in [0.25, 0.3) is 5.91 Å². The fraction of sp³-hybridized carbons (Fsp3) is 0.250. The summed E-state index contributed by atoms with van der Waals surface area (Å²) in [5.74, 6) is -0.0925. The van der Waals surface area contributed by atoms with Crippen molar-refractivity contribution in [3.8, 4) is 0 Å². The van der Waals surface area contributed by atoms with E-state index in [1.54, 1.807) is 15.8 Å². The van der Waals surface area contributed by atoms with E-state index < -0.39 is 0 Å². The molecular weight excluding hydrogens is 312 g/mol. The predicted molar refractivity (Wildman–Crippen MR) is 97.2 cm³/mol. The van der Waals surface area contributed by atoms with Gasteiger partial charge >= 0.3 is 0 Å². The van der Waals surface area contributed by atoms with Gasteiger partial charge in [-0.2, -0.15) is 0 Å².